The normalized spacial score (nSPS) is 13.0. The fourth-order valence-corrected chi connectivity index (χ4v) is 4.38. The summed E-state index contributed by atoms with van der Waals surface area (Å²) in [4.78, 5) is 39.9. The Balaban J connectivity index is 1.31. The van der Waals surface area contributed by atoms with Gasteiger partial charge < -0.3 is 30.5 Å². The molecule has 0 atom stereocenters. The number of methoxy groups -OCH3 is 1. The highest BCUT2D eigenvalue weighted by Crippen LogP contribution is 2.29. The molecule has 3 aromatic rings. The van der Waals surface area contributed by atoms with Crippen molar-refractivity contribution < 1.29 is 19.2 Å². The van der Waals surface area contributed by atoms with E-state index in [4.69, 9.17) is 4.74 Å². The van der Waals surface area contributed by atoms with Crippen LogP contribution in [0.3, 0.4) is 0 Å². The van der Waals surface area contributed by atoms with Gasteiger partial charge in [0.1, 0.15) is 11.4 Å². The van der Waals surface area contributed by atoms with Gasteiger partial charge >= 0.3 is 12.1 Å². The first-order chi connectivity index (χ1) is 18.3. The van der Waals surface area contributed by atoms with Gasteiger partial charge in [-0.1, -0.05) is 24.3 Å². The highest BCUT2D eigenvalue weighted by Gasteiger charge is 2.24. The molecule has 1 aliphatic heterocycles. The minimum atomic E-state index is -0.498. The molecule has 0 bridgehead atoms. The molecule has 3 aromatic carbocycles. The number of nitrogens with zero attached hydrogens (tertiary/aromatic N) is 3. The topological polar surface area (TPSA) is 129 Å². The molecule has 38 heavy (non-hydrogen) atoms. The summed E-state index contributed by atoms with van der Waals surface area (Å²) in [6, 6.07) is 16.9. The van der Waals surface area contributed by atoms with Gasteiger partial charge in [-0.2, -0.15) is 0 Å². The van der Waals surface area contributed by atoms with Gasteiger partial charge in [-0.05, 0) is 55.3 Å². The second kappa shape index (κ2) is 11.5. The van der Waals surface area contributed by atoms with Crippen LogP contribution in [0.1, 0.15) is 11.1 Å². The molecular weight excluding hydrogens is 488 g/mol. The number of amides is 4. The largest absolute Gasteiger partial charge is 0.494 e. The highest BCUT2D eigenvalue weighted by molar-refractivity contribution is 6.01. The lowest BCUT2D eigenvalue weighted by molar-refractivity contribution is -0.384. The third-order valence-corrected chi connectivity index (χ3v) is 6.40. The van der Waals surface area contributed by atoms with Crippen LogP contribution in [0.5, 0.6) is 5.75 Å². The van der Waals surface area contributed by atoms with Gasteiger partial charge in [0.15, 0.2) is 0 Å². The number of aryl methyl sites for hydroxylation is 2. The molecule has 0 radical (unpaired) electrons. The number of benzene rings is 3. The number of ether oxygens (including phenoxy) is 1. The first-order valence-corrected chi connectivity index (χ1v) is 12.1. The lowest BCUT2D eigenvalue weighted by atomic mass is 10.1. The van der Waals surface area contributed by atoms with Crippen molar-refractivity contribution in [3.05, 3.63) is 81.9 Å². The van der Waals surface area contributed by atoms with Gasteiger partial charge in [0.25, 0.3) is 5.69 Å². The summed E-state index contributed by atoms with van der Waals surface area (Å²) in [5, 5.41) is 19.7. The van der Waals surface area contributed by atoms with Gasteiger partial charge in [0.05, 0.1) is 17.7 Å². The lowest BCUT2D eigenvalue weighted by Crippen LogP contribution is -2.50. The van der Waals surface area contributed by atoms with Crippen LogP contribution in [0, 0.1) is 24.0 Å². The minimum Gasteiger partial charge on any atom is -0.494 e. The van der Waals surface area contributed by atoms with Crippen molar-refractivity contribution in [3.8, 4) is 5.75 Å². The highest BCUT2D eigenvalue weighted by atomic mass is 16.6. The first kappa shape index (κ1) is 26.3. The summed E-state index contributed by atoms with van der Waals surface area (Å²) in [6.45, 7) is 5.76. The third-order valence-electron chi connectivity index (χ3n) is 6.40. The molecule has 11 nitrogen and oxygen atoms in total. The average molecular weight is 519 g/mol. The van der Waals surface area contributed by atoms with Crippen molar-refractivity contribution in [1.29, 1.82) is 0 Å². The van der Waals surface area contributed by atoms with Crippen LogP contribution in [0.4, 0.5) is 38.0 Å². The molecule has 11 heteroatoms. The van der Waals surface area contributed by atoms with E-state index in [0.29, 0.717) is 48.9 Å². The number of piperazine rings is 1. The number of urea groups is 2. The molecule has 0 aliphatic carbocycles. The van der Waals surface area contributed by atoms with E-state index in [1.165, 1.54) is 6.07 Å². The summed E-state index contributed by atoms with van der Waals surface area (Å²) < 4.78 is 5.38. The van der Waals surface area contributed by atoms with Crippen LogP contribution in [-0.4, -0.2) is 55.2 Å². The molecule has 0 saturated carbocycles. The SMILES string of the molecule is COc1c(C)cccc1NC(=O)Nc1ccc(N2CCN(C(=O)Nc3c(C)cccc3[N+](=O)[O-])CC2)cc1. The van der Waals surface area contributed by atoms with Gasteiger partial charge in [0, 0.05) is 43.6 Å². The number of para-hydroxylation sites is 2. The van der Waals surface area contributed by atoms with E-state index in [1.54, 1.807) is 37.1 Å². The number of carbonyl (C=O) groups excluding carboxylic acids is 2. The number of rotatable bonds is 6. The molecule has 4 amide bonds. The zero-order valence-electron chi connectivity index (χ0n) is 21.5. The summed E-state index contributed by atoms with van der Waals surface area (Å²) in [6.07, 6.45) is 0. The van der Waals surface area contributed by atoms with Gasteiger partial charge in [-0.3, -0.25) is 10.1 Å². The Morgan fingerprint density at radius 2 is 1.53 bits per heavy atom. The van der Waals surface area contributed by atoms with Crippen LogP contribution in [0.15, 0.2) is 60.7 Å². The van der Waals surface area contributed by atoms with Crippen molar-refractivity contribution in [2.75, 3.05) is 54.1 Å². The van der Waals surface area contributed by atoms with Gasteiger partial charge in [-0.15, -0.1) is 0 Å². The Labute approximate surface area is 220 Å². The number of nitro groups is 1. The van der Waals surface area contributed by atoms with Crippen molar-refractivity contribution in [2.45, 2.75) is 13.8 Å². The van der Waals surface area contributed by atoms with E-state index in [2.05, 4.69) is 20.9 Å². The maximum absolute atomic E-state index is 12.8. The Kier molecular flexibility index (Phi) is 7.95. The molecule has 1 fully saturated rings. The van der Waals surface area contributed by atoms with E-state index in [-0.39, 0.29) is 23.4 Å². The zero-order chi connectivity index (χ0) is 27.2. The van der Waals surface area contributed by atoms with Crippen molar-refractivity contribution in [2.24, 2.45) is 0 Å². The molecule has 4 rings (SSSR count). The Morgan fingerprint density at radius 1 is 0.868 bits per heavy atom. The van der Waals surface area contributed by atoms with Gasteiger partial charge in [-0.25, -0.2) is 9.59 Å². The first-order valence-electron chi connectivity index (χ1n) is 12.1. The molecular formula is C27H30N6O5. The lowest BCUT2D eigenvalue weighted by Gasteiger charge is -2.36. The summed E-state index contributed by atoms with van der Waals surface area (Å²) in [7, 11) is 1.56. The van der Waals surface area contributed by atoms with E-state index in [1.807, 2.05) is 43.3 Å². The van der Waals surface area contributed by atoms with Crippen molar-refractivity contribution in [1.82, 2.24) is 4.90 Å². The van der Waals surface area contributed by atoms with Crippen LogP contribution in [0.25, 0.3) is 0 Å². The van der Waals surface area contributed by atoms with E-state index in [0.717, 1.165) is 11.3 Å². The maximum atomic E-state index is 12.8. The predicted molar refractivity (Wildman–Crippen MR) is 147 cm³/mol. The Hall–Kier alpha value is -4.80. The number of hydrogen-bond donors (Lipinski definition) is 3. The average Bonchev–Trinajstić information content (AvgIpc) is 2.90. The van der Waals surface area contributed by atoms with Crippen LogP contribution in [0.2, 0.25) is 0 Å². The fraction of sp³-hybridized carbons (Fsp3) is 0.259. The Bertz CT molecular complexity index is 1340. The molecule has 0 unspecified atom stereocenters. The van der Waals surface area contributed by atoms with Crippen LogP contribution >= 0.6 is 0 Å². The molecule has 0 aromatic heterocycles. The van der Waals surface area contributed by atoms with E-state index in [9.17, 15) is 19.7 Å². The van der Waals surface area contributed by atoms with E-state index >= 15 is 0 Å². The number of carbonyl (C=O) groups is 2. The van der Waals surface area contributed by atoms with Gasteiger partial charge in [0.2, 0.25) is 0 Å². The second-order valence-corrected chi connectivity index (χ2v) is 8.91. The number of nitro benzene ring substituents is 1. The van der Waals surface area contributed by atoms with Crippen molar-refractivity contribution >= 4 is 40.5 Å². The second-order valence-electron chi connectivity index (χ2n) is 8.91. The number of nitrogens with one attached hydrogen (secondary N) is 3. The quantitative estimate of drug-likeness (QED) is 0.303. The summed E-state index contributed by atoms with van der Waals surface area (Å²) in [5.41, 5.74) is 3.83. The number of hydrogen-bond acceptors (Lipinski definition) is 6. The zero-order valence-corrected chi connectivity index (χ0v) is 21.5. The van der Waals surface area contributed by atoms with Crippen LogP contribution < -0.4 is 25.6 Å². The van der Waals surface area contributed by atoms with Crippen LogP contribution in [-0.2, 0) is 0 Å². The minimum absolute atomic E-state index is 0.127. The summed E-state index contributed by atoms with van der Waals surface area (Å²) in [5.74, 6) is 0.614. The van der Waals surface area contributed by atoms with E-state index < -0.39 is 4.92 Å². The van der Waals surface area contributed by atoms with Crippen molar-refractivity contribution in [3.63, 3.8) is 0 Å². The molecule has 1 saturated heterocycles. The molecule has 198 valence electrons. The fourth-order valence-electron chi connectivity index (χ4n) is 4.38. The monoisotopic (exact) mass is 518 g/mol. The molecule has 0 spiro atoms. The summed E-state index contributed by atoms with van der Waals surface area (Å²) >= 11 is 0. The smallest absolute Gasteiger partial charge is 0.323 e. The molecule has 3 N–H and O–H groups in total. The number of anilines is 4. The molecule has 1 heterocycles. The standard InChI is InChI=1S/C27H30N6O5/c1-18-6-5-9-23(33(36)37)24(18)30-27(35)32-16-14-31(15-17-32)21-12-10-20(11-13-21)28-26(34)29-22-8-4-7-19(2)25(22)38-3/h4-13H,14-17H2,1-3H3,(H,30,35)(H2,28,29,34). The third kappa shape index (κ3) is 5.94. The maximum Gasteiger partial charge on any atom is 0.323 e. The predicted octanol–water partition coefficient (Wildman–Crippen LogP) is 5.22. The Morgan fingerprint density at radius 3 is 2.18 bits per heavy atom. The molecule has 1 aliphatic rings.